The fourth-order valence-corrected chi connectivity index (χ4v) is 0. The van der Waals surface area contributed by atoms with Crippen LogP contribution in [-0.2, 0) is 41.4 Å². The van der Waals surface area contributed by atoms with E-state index in [0.29, 0.717) is 0 Å². The summed E-state index contributed by atoms with van der Waals surface area (Å²) >= 11 is 0. The smallest absolute Gasteiger partial charge is 2.00 e. The molecule has 0 aromatic heterocycles. The second-order valence-electron chi connectivity index (χ2n) is 0. The van der Waals surface area contributed by atoms with Crippen molar-refractivity contribution in [1.82, 2.24) is 0 Å². The Morgan fingerprint density at radius 2 is 0.571 bits per heavy atom. The second kappa shape index (κ2) is 187. The summed E-state index contributed by atoms with van der Waals surface area (Å²) < 4.78 is 0. The van der Waals surface area contributed by atoms with E-state index in [9.17, 15) is 0 Å². The number of rotatable bonds is 0. The molecule has 0 N–H and O–H groups in total. The molecule has 0 heterocycles. The minimum atomic E-state index is 0. The molecule has 0 saturated carbocycles. The van der Waals surface area contributed by atoms with Crippen LogP contribution in [0, 0.1) is 0 Å². The van der Waals surface area contributed by atoms with E-state index in [0.717, 1.165) is 0 Å². The van der Waals surface area contributed by atoms with Crippen LogP contribution in [0.15, 0.2) is 0 Å². The predicted octanol–water partition coefficient (Wildman–Crippen LogP) is -1.24. The van der Waals surface area contributed by atoms with Crippen LogP contribution in [0.3, 0.4) is 0 Å². The molecule has 0 aliphatic carbocycles. The first-order valence-electron chi connectivity index (χ1n) is 0. The monoisotopic (exact) mass is 230 g/mol. The molecule has 0 rings (SSSR count). The normalized spacial score (nSPS) is 0. The molecule has 0 spiro atoms. The van der Waals surface area contributed by atoms with Gasteiger partial charge in [0.05, 0.1) is 0 Å². The van der Waals surface area contributed by atoms with Gasteiger partial charge in [-0.05, 0) is 0 Å². The molecular weight excluding hydrogens is 230 g/mol. The Kier molecular flexibility index (Phi) is 7660. The van der Waals surface area contributed by atoms with Crippen molar-refractivity contribution in [2.75, 3.05) is 0 Å². The molecule has 0 aromatic carbocycles. The zero-order valence-corrected chi connectivity index (χ0v) is 9.41. The minimum absolute atomic E-state index is 0. The number of hydrogen-bond acceptors (Lipinski definition) is 0. The van der Waals surface area contributed by atoms with Crippen molar-refractivity contribution in [3.63, 3.8) is 0 Å². The van der Waals surface area contributed by atoms with Gasteiger partial charge in [-0.2, -0.15) is 0 Å². The first kappa shape index (κ1) is 287. The fraction of sp³-hybridized carbons (Fsp3) is 0. The molecule has 0 saturated heterocycles. The van der Waals surface area contributed by atoms with E-state index in [1.165, 1.54) is 0 Å². The minimum Gasteiger partial charge on any atom is -2.00 e. The average molecular weight is 230 g/mol. The first-order valence-corrected chi connectivity index (χ1v) is 0. The van der Waals surface area contributed by atoms with Crippen LogP contribution in [0.25, 0.3) is 0 Å². The number of hydrogen-bond donors (Lipinski definition) is 0. The molecule has 0 aromatic rings. The van der Waals surface area contributed by atoms with Gasteiger partial charge in [-0.1, -0.05) is 0 Å². The Labute approximate surface area is 70.0 Å². The Morgan fingerprint density at radius 1 is 0.571 bits per heavy atom. The first-order chi connectivity index (χ1) is 0. The molecule has 0 bridgehead atoms. The maximum Gasteiger partial charge on any atom is 4.00 e. The molecule has 4 nitrogen and oxygen atoms in total. The van der Waals surface area contributed by atoms with Gasteiger partial charge < -0.3 is 21.9 Å². The van der Waals surface area contributed by atoms with Gasteiger partial charge in [0.25, 0.3) is 0 Å². The Bertz CT molecular complexity index is 11.7. The molecule has 7 heteroatoms. The summed E-state index contributed by atoms with van der Waals surface area (Å²) in [7, 11) is 0. The maximum atomic E-state index is 0. The van der Waals surface area contributed by atoms with Crippen molar-refractivity contribution < 1.29 is 41.4 Å². The molecule has 0 unspecified atom stereocenters. The summed E-state index contributed by atoms with van der Waals surface area (Å²) in [5.74, 6) is 0. The van der Waals surface area contributed by atoms with Gasteiger partial charge >= 0.3 is 30.4 Å². The molecule has 0 amide bonds. The topological polar surface area (TPSA) is 114 Å². The second-order valence-corrected chi connectivity index (χ2v) is 0. The molecule has 4 radical (unpaired) electrons. The Hall–Kier alpha value is 1.22. The fourth-order valence-electron chi connectivity index (χ4n) is 0. The summed E-state index contributed by atoms with van der Waals surface area (Å²) in [6, 6.07) is 0. The van der Waals surface area contributed by atoms with Crippen molar-refractivity contribution >= 4 is 28.6 Å². The van der Waals surface area contributed by atoms with Crippen molar-refractivity contribution in [3.05, 3.63) is 0 Å². The van der Waals surface area contributed by atoms with E-state index in [1.807, 2.05) is 0 Å². The van der Waals surface area contributed by atoms with Crippen LogP contribution >= 0.6 is 0 Å². The van der Waals surface area contributed by atoms with Gasteiger partial charge in [0.15, 0.2) is 0 Å². The van der Waals surface area contributed by atoms with Gasteiger partial charge in [-0.25, -0.2) is 0 Å². The Morgan fingerprint density at radius 3 is 0.571 bits per heavy atom. The van der Waals surface area contributed by atoms with Crippen LogP contribution in [0.2, 0.25) is 0 Å². The maximum absolute atomic E-state index is 0. The third-order valence-electron chi connectivity index (χ3n) is 0. The molecule has 0 fully saturated rings. The van der Waals surface area contributed by atoms with Crippen molar-refractivity contribution in [1.29, 1.82) is 0 Å². The van der Waals surface area contributed by atoms with E-state index in [1.54, 1.807) is 0 Å². The summed E-state index contributed by atoms with van der Waals surface area (Å²) in [6.45, 7) is 0. The van der Waals surface area contributed by atoms with Crippen LogP contribution in [0.4, 0.5) is 0 Å². The van der Waals surface area contributed by atoms with Crippen LogP contribution in [0.1, 0.15) is 0 Å². The zero-order valence-electron chi connectivity index (χ0n) is 3.34. The van der Waals surface area contributed by atoms with Gasteiger partial charge in [-0.3, -0.25) is 0 Å². The molecule has 0 aliphatic heterocycles. The van der Waals surface area contributed by atoms with Crippen LogP contribution in [0.5, 0.6) is 0 Å². The third-order valence-corrected chi connectivity index (χ3v) is 0. The summed E-state index contributed by atoms with van der Waals surface area (Å²) in [4.78, 5) is 0. The SMILES string of the molecule is [Ge].[O-2].[O-2].[O-2].[O-2].[Si+4].[Zn+2]. The van der Waals surface area contributed by atoms with E-state index >= 15 is 0 Å². The quantitative estimate of drug-likeness (QED) is 0.463. The molecule has 7 heavy (non-hydrogen) atoms. The summed E-state index contributed by atoms with van der Waals surface area (Å²) in [6.07, 6.45) is 0. The molecule has 0 aliphatic rings. The summed E-state index contributed by atoms with van der Waals surface area (Å²) in [5, 5.41) is 0. The molecular formula is GeO4SiZn-2. The van der Waals surface area contributed by atoms with Gasteiger partial charge in [0, 0.05) is 17.6 Å². The van der Waals surface area contributed by atoms with Crippen molar-refractivity contribution in [2.24, 2.45) is 0 Å². The van der Waals surface area contributed by atoms with Crippen LogP contribution < -0.4 is 0 Å². The standard InChI is InChI=1S/Ge.4O.Si.Zn/q;4*-2;+4;+2. The summed E-state index contributed by atoms with van der Waals surface area (Å²) in [5.41, 5.74) is 0. The predicted molar refractivity (Wildman–Crippen MR) is 14.3 cm³/mol. The Balaban J connectivity index is 0. The van der Waals surface area contributed by atoms with E-state index in [-0.39, 0.29) is 69.9 Å². The van der Waals surface area contributed by atoms with Gasteiger partial charge in [0.2, 0.25) is 0 Å². The third kappa shape index (κ3) is 132. The van der Waals surface area contributed by atoms with E-state index < -0.39 is 0 Å². The van der Waals surface area contributed by atoms with Crippen molar-refractivity contribution in [2.45, 2.75) is 0 Å². The average Bonchev–Trinajstić information content (AvgIpc) is 0. The van der Waals surface area contributed by atoms with Gasteiger partial charge in [-0.15, -0.1) is 0 Å². The van der Waals surface area contributed by atoms with Crippen LogP contribution in [-0.4, -0.2) is 28.6 Å². The van der Waals surface area contributed by atoms with E-state index in [2.05, 4.69) is 0 Å². The van der Waals surface area contributed by atoms with Gasteiger partial charge in [0.1, 0.15) is 0 Å². The molecule has 36 valence electrons. The largest absolute Gasteiger partial charge is 4.00 e. The zero-order chi connectivity index (χ0) is 0. The van der Waals surface area contributed by atoms with E-state index in [4.69, 9.17) is 0 Å². The van der Waals surface area contributed by atoms with Crippen molar-refractivity contribution in [3.8, 4) is 0 Å². The molecule has 0 atom stereocenters.